The lowest BCUT2D eigenvalue weighted by Crippen LogP contribution is -1.91. The third kappa shape index (κ3) is 5.60. The Morgan fingerprint density at radius 3 is 1.09 bits per heavy atom. The highest BCUT2D eigenvalue weighted by molar-refractivity contribution is 6.00. The third-order valence-corrected chi connectivity index (χ3v) is 9.72. The number of aromatic amines is 2. The maximum atomic E-state index is 15.8. The molecule has 7 aromatic rings. The highest BCUT2D eigenvalue weighted by Gasteiger charge is 2.20. The van der Waals surface area contributed by atoms with Gasteiger partial charge in [-0.05, 0) is 96.1 Å². The fraction of sp³-hybridized carbons (Fsp3) is 0. The largest absolute Gasteiger partial charge is 0.354 e. The summed E-state index contributed by atoms with van der Waals surface area (Å²) in [5.74, 6) is 4.62. The Kier molecular flexibility index (Phi) is 7.92. The van der Waals surface area contributed by atoms with Crippen molar-refractivity contribution in [1.82, 2.24) is 19.9 Å². The van der Waals surface area contributed by atoms with Gasteiger partial charge in [0.1, 0.15) is 11.6 Å². The highest BCUT2D eigenvalue weighted by Crippen LogP contribution is 2.39. The van der Waals surface area contributed by atoms with E-state index in [0.29, 0.717) is 56.1 Å². The van der Waals surface area contributed by atoms with Crippen LogP contribution in [0.1, 0.15) is 33.9 Å². The fourth-order valence-electron chi connectivity index (χ4n) is 7.17. The average molecular weight is 699 g/mol. The zero-order valence-corrected chi connectivity index (χ0v) is 28.7. The lowest BCUT2D eigenvalue weighted by Gasteiger charge is -2.08. The number of rotatable bonds is 4. The fourth-order valence-corrected chi connectivity index (χ4v) is 7.17. The van der Waals surface area contributed by atoms with Gasteiger partial charge in [-0.15, -0.1) is 12.8 Å². The van der Waals surface area contributed by atoms with Crippen LogP contribution in [0.3, 0.4) is 0 Å². The first-order chi connectivity index (χ1) is 26.5. The Balaban J connectivity index is 1.48. The van der Waals surface area contributed by atoms with E-state index in [4.69, 9.17) is 22.8 Å². The van der Waals surface area contributed by atoms with E-state index in [1.165, 1.54) is 12.1 Å². The molecule has 0 spiro atoms. The first kappa shape index (κ1) is 32.4. The molecule has 0 atom stereocenters. The van der Waals surface area contributed by atoms with Gasteiger partial charge in [0.15, 0.2) is 0 Å². The van der Waals surface area contributed by atoms with Crippen molar-refractivity contribution in [2.45, 2.75) is 0 Å². The summed E-state index contributed by atoms with van der Waals surface area (Å²) in [4.78, 5) is 17.5. The number of nitrogens with zero attached hydrogens (tertiary/aromatic N) is 2. The second-order valence-electron chi connectivity index (χ2n) is 12.9. The summed E-state index contributed by atoms with van der Waals surface area (Å²) in [6.45, 7) is 0. The van der Waals surface area contributed by atoms with Gasteiger partial charge in [-0.25, -0.2) is 18.7 Å². The Morgan fingerprint density at radius 1 is 0.407 bits per heavy atom. The molecule has 4 nitrogen and oxygen atoms in total. The number of hydrogen-bond donors (Lipinski definition) is 2. The molecule has 0 amide bonds. The molecule has 9 rings (SSSR count). The zero-order chi connectivity index (χ0) is 36.8. The van der Waals surface area contributed by atoms with Crippen LogP contribution in [0, 0.1) is 36.3 Å². The molecule has 2 aliphatic rings. The Bertz CT molecular complexity index is 2760. The van der Waals surface area contributed by atoms with Crippen LogP contribution in [-0.4, -0.2) is 19.9 Å². The van der Waals surface area contributed by atoms with E-state index in [1.807, 2.05) is 109 Å². The number of benzene rings is 4. The van der Waals surface area contributed by atoms with Crippen LogP contribution in [0.4, 0.5) is 8.78 Å². The number of terminal acetylenes is 2. The van der Waals surface area contributed by atoms with Gasteiger partial charge in [-0.2, -0.15) is 0 Å². The molecular weight excluding hydrogens is 671 g/mol. The van der Waals surface area contributed by atoms with Gasteiger partial charge in [0.05, 0.1) is 22.8 Å². The standard InChI is InChI=1S/C48H28F2N4/c1-3-29-13-17-31(18-14-29)45-37-21-25-41(51-37)47(33-9-5-7-11-35(33)49)43-27-23-39(53-43)46(32-19-15-30(4-2)16-20-32)40-24-28-44(54-40)48(42-26-22-38(45)52-42)34-10-6-8-12-36(34)50/h1-2,5-28,51,54H. The maximum absolute atomic E-state index is 15.8. The van der Waals surface area contributed by atoms with Crippen LogP contribution in [0.2, 0.25) is 0 Å². The predicted molar refractivity (Wildman–Crippen MR) is 216 cm³/mol. The SMILES string of the molecule is C#Cc1ccc(-c2c3nc(c(-c4ccccc4F)c4ccc([nH]4)c(-c4ccc(C#C)cc4)c4nc(c(-c5ccccc5F)c5ccc2[nH]5)C=C4)C=C3)cc1. The van der Waals surface area contributed by atoms with Gasteiger partial charge in [-0.1, -0.05) is 72.5 Å². The van der Waals surface area contributed by atoms with Crippen molar-refractivity contribution in [2.24, 2.45) is 0 Å². The number of aromatic nitrogens is 4. The topological polar surface area (TPSA) is 57.4 Å². The number of halogens is 2. The second-order valence-corrected chi connectivity index (χ2v) is 12.9. The molecule has 6 heteroatoms. The van der Waals surface area contributed by atoms with E-state index < -0.39 is 0 Å². The van der Waals surface area contributed by atoms with Crippen LogP contribution < -0.4 is 0 Å². The smallest absolute Gasteiger partial charge is 0.131 e. The highest BCUT2D eigenvalue weighted by atomic mass is 19.1. The Morgan fingerprint density at radius 2 is 0.741 bits per heavy atom. The van der Waals surface area contributed by atoms with E-state index in [2.05, 4.69) is 21.8 Å². The molecule has 8 bridgehead atoms. The van der Waals surface area contributed by atoms with Gasteiger partial charge in [0, 0.05) is 66.6 Å². The molecule has 254 valence electrons. The normalized spacial score (nSPS) is 11.7. The number of H-pyrrole nitrogens is 2. The summed E-state index contributed by atoms with van der Waals surface area (Å²) in [5, 5.41) is 0. The minimum Gasteiger partial charge on any atom is -0.354 e. The molecule has 4 aromatic carbocycles. The summed E-state index contributed by atoms with van der Waals surface area (Å²) in [5.41, 5.74) is 12.0. The monoisotopic (exact) mass is 698 g/mol. The molecule has 0 radical (unpaired) electrons. The molecule has 2 N–H and O–H groups in total. The summed E-state index contributed by atoms with van der Waals surface area (Å²) in [6, 6.07) is 36.5. The van der Waals surface area contributed by atoms with E-state index >= 15 is 8.78 Å². The van der Waals surface area contributed by atoms with Crippen molar-refractivity contribution >= 4 is 46.4 Å². The van der Waals surface area contributed by atoms with Gasteiger partial charge in [-0.3, -0.25) is 0 Å². The van der Waals surface area contributed by atoms with E-state index in [-0.39, 0.29) is 11.6 Å². The van der Waals surface area contributed by atoms with Crippen molar-refractivity contribution in [3.63, 3.8) is 0 Å². The lowest BCUT2D eigenvalue weighted by atomic mass is 10.0. The first-order valence-corrected chi connectivity index (χ1v) is 17.3. The molecule has 5 heterocycles. The minimum atomic E-state index is -0.377. The summed E-state index contributed by atoms with van der Waals surface area (Å²) in [6.07, 6.45) is 19.1. The van der Waals surface area contributed by atoms with Gasteiger partial charge >= 0.3 is 0 Å². The Labute approximate surface area is 310 Å². The van der Waals surface area contributed by atoms with Gasteiger partial charge in [0.25, 0.3) is 0 Å². The molecular formula is C48H28F2N4. The van der Waals surface area contributed by atoms with Crippen molar-refractivity contribution in [2.75, 3.05) is 0 Å². The van der Waals surface area contributed by atoms with Gasteiger partial charge in [0.2, 0.25) is 0 Å². The van der Waals surface area contributed by atoms with Crippen molar-refractivity contribution in [3.8, 4) is 69.2 Å². The number of fused-ring (bicyclic) bond motifs is 8. The molecule has 0 unspecified atom stereocenters. The Hall–Kier alpha value is -7.54. The number of hydrogen-bond acceptors (Lipinski definition) is 2. The maximum Gasteiger partial charge on any atom is 0.131 e. The van der Waals surface area contributed by atoms with Crippen LogP contribution in [0.25, 0.3) is 90.9 Å². The quantitative estimate of drug-likeness (QED) is 0.180. The second kappa shape index (κ2) is 13.2. The first-order valence-electron chi connectivity index (χ1n) is 17.3. The molecule has 54 heavy (non-hydrogen) atoms. The summed E-state index contributed by atoms with van der Waals surface area (Å²) >= 11 is 0. The molecule has 2 aliphatic heterocycles. The molecule has 0 fully saturated rings. The molecule has 0 saturated carbocycles. The van der Waals surface area contributed by atoms with E-state index in [1.54, 1.807) is 24.3 Å². The van der Waals surface area contributed by atoms with Crippen molar-refractivity contribution in [1.29, 1.82) is 0 Å². The lowest BCUT2D eigenvalue weighted by molar-refractivity contribution is 0.631. The predicted octanol–water partition coefficient (Wildman–Crippen LogP) is 11.6. The average Bonchev–Trinajstić information content (AvgIpc) is 4.05. The molecule has 3 aromatic heterocycles. The van der Waals surface area contributed by atoms with E-state index in [0.717, 1.165) is 44.4 Å². The zero-order valence-electron chi connectivity index (χ0n) is 28.7. The van der Waals surface area contributed by atoms with E-state index in [9.17, 15) is 0 Å². The third-order valence-electron chi connectivity index (χ3n) is 9.72. The summed E-state index contributed by atoms with van der Waals surface area (Å²) in [7, 11) is 0. The number of nitrogens with one attached hydrogen (secondary N) is 2. The van der Waals surface area contributed by atoms with Crippen LogP contribution in [0.15, 0.2) is 121 Å². The van der Waals surface area contributed by atoms with Crippen LogP contribution in [-0.2, 0) is 0 Å². The summed E-state index contributed by atoms with van der Waals surface area (Å²) < 4.78 is 31.5. The molecule has 0 aliphatic carbocycles. The molecule has 0 saturated heterocycles. The minimum absolute atomic E-state index is 0.377. The van der Waals surface area contributed by atoms with Crippen LogP contribution >= 0.6 is 0 Å². The van der Waals surface area contributed by atoms with Crippen molar-refractivity contribution in [3.05, 3.63) is 167 Å². The van der Waals surface area contributed by atoms with Crippen molar-refractivity contribution < 1.29 is 8.78 Å². The van der Waals surface area contributed by atoms with Crippen LogP contribution in [0.5, 0.6) is 0 Å². The van der Waals surface area contributed by atoms with Gasteiger partial charge < -0.3 is 9.97 Å².